The molecule has 0 aliphatic carbocycles. The van der Waals surface area contributed by atoms with Gasteiger partial charge in [0.05, 0.1) is 12.1 Å². The molecule has 0 fully saturated rings. The maximum Gasteiger partial charge on any atom is 0.251 e. The van der Waals surface area contributed by atoms with E-state index in [2.05, 4.69) is 15.3 Å². The molecule has 1 aliphatic heterocycles. The second kappa shape index (κ2) is 8.18. The fourth-order valence-electron chi connectivity index (χ4n) is 2.71. The van der Waals surface area contributed by atoms with E-state index in [1.54, 1.807) is 18.2 Å². The molecule has 0 spiro atoms. The summed E-state index contributed by atoms with van der Waals surface area (Å²) in [6.45, 7) is 0.173. The monoisotopic (exact) mass is 395 g/mol. The Balaban J connectivity index is 1.40. The van der Waals surface area contributed by atoms with Gasteiger partial charge in [-0.1, -0.05) is 42.1 Å². The van der Waals surface area contributed by atoms with Crippen LogP contribution in [-0.4, -0.2) is 22.7 Å². The molecular weight excluding hydrogens is 378 g/mol. The number of amides is 1. The summed E-state index contributed by atoms with van der Waals surface area (Å²) in [6, 6.07) is 16.4. The van der Waals surface area contributed by atoms with Crippen LogP contribution in [0.1, 0.15) is 11.3 Å². The average molecular weight is 395 g/mol. The number of nitrogens with zero attached hydrogens (tertiary/aromatic N) is 1. The van der Waals surface area contributed by atoms with Gasteiger partial charge in [0.1, 0.15) is 0 Å². The second-order valence-electron chi connectivity index (χ2n) is 6.11. The van der Waals surface area contributed by atoms with Gasteiger partial charge < -0.3 is 19.8 Å². The predicted octanol–water partition coefficient (Wildman–Crippen LogP) is 2.97. The number of anilines is 1. The van der Waals surface area contributed by atoms with Gasteiger partial charge in [0.25, 0.3) is 5.56 Å². The summed E-state index contributed by atoms with van der Waals surface area (Å²) in [5, 5.41) is 3.27. The number of H-pyrrole nitrogens is 1. The molecule has 0 atom stereocenters. The van der Waals surface area contributed by atoms with Crippen molar-refractivity contribution in [3.8, 4) is 11.5 Å². The Morgan fingerprint density at radius 3 is 2.79 bits per heavy atom. The van der Waals surface area contributed by atoms with Gasteiger partial charge in [-0.05, 0) is 17.7 Å². The highest BCUT2D eigenvalue weighted by atomic mass is 32.2. The van der Waals surface area contributed by atoms with Gasteiger partial charge in [-0.15, -0.1) is 0 Å². The molecule has 2 aromatic carbocycles. The summed E-state index contributed by atoms with van der Waals surface area (Å²) < 4.78 is 10.5. The van der Waals surface area contributed by atoms with Crippen molar-refractivity contribution in [2.45, 2.75) is 17.3 Å². The number of carbonyl (C=O) groups excluding carboxylic acids is 1. The molecule has 2 N–H and O–H groups in total. The zero-order valence-electron chi connectivity index (χ0n) is 14.8. The van der Waals surface area contributed by atoms with E-state index in [-0.39, 0.29) is 24.7 Å². The number of carbonyl (C=O) groups is 1. The van der Waals surface area contributed by atoms with E-state index < -0.39 is 0 Å². The Kier molecular flexibility index (Phi) is 5.29. The first-order chi connectivity index (χ1) is 13.7. The molecule has 0 radical (unpaired) electrons. The number of aromatic amines is 1. The van der Waals surface area contributed by atoms with Gasteiger partial charge in [0, 0.05) is 23.6 Å². The first-order valence-corrected chi connectivity index (χ1v) is 9.61. The van der Waals surface area contributed by atoms with Crippen LogP contribution >= 0.6 is 11.8 Å². The number of rotatable bonds is 6. The molecule has 0 bridgehead atoms. The van der Waals surface area contributed by atoms with Crippen molar-refractivity contribution in [3.05, 3.63) is 76.2 Å². The van der Waals surface area contributed by atoms with Crippen molar-refractivity contribution in [2.75, 3.05) is 12.1 Å². The van der Waals surface area contributed by atoms with Crippen molar-refractivity contribution >= 4 is 23.4 Å². The molecule has 1 amide bonds. The summed E-state index contributed by atoms with van der Waals surface area (Å²) in [4.78, 5) is 31.4. The average Bonchev–Trinajstić information content (AvgIpc) is 3.14. The number of thioether (sulfide) groups is 1. The van der Waals surface area contributed by atoms with E-state index in [1.165, 1.54) is 17.8 Å². The summed E-state index contributed by atoms with van der Waals surface area (Å²) in [5.74, 6) is 1.65. The topological polar surface area (TPSA) is 93.3 Å². The zero-order valence-corrected chi connectivity index (χ0v) is 15.6. The van der Waals surface area contributed by atoms with Gasteiger partial charge in [-0.3, -0.25) is 9.59 Å². The van der Waals surface area contributed by atoms with Crippen molar-refractivity contribution in [3.63, 3.8) is 0 Å². The Hall–Kier alpha value is -3.26. The van der Waals surface area contributed by atoms with Gasteiger partial charge in [-0.2, -0.15) is 0 Å². The quantitative estimate of drug-likeness (QED) is 0.492. The van der Waals surface area contributed by atoms with Crippen LogP contribution in [0.4, 0.5) is 5.69 Å². The summed E-state index contributed by atoms with van der Waals surface area (Å²) in [5.41, 5.74) is 1.85. The van der Waals surface area contributed by atoms with Crippen LogP contribution in [-0.2, 0) is 17.0 Å². The summed E-state index contributed by atoms with van der Waals surface area (Å²) in [7, 11) is 0. The minimum Gasteiger partial charge on any atom is -0.454 e. The number of fused-ring (bicyclic) bond motifs is 1. The molecule has 28 heavy (non-hydrogen) atoms. The number of nitrogens with one attached hydrogen (secondary N) is 2. The third kappa shape index (κ3) is 4.52. The van der Waals surface area contributed by atoms with Gasteiger partial charge in [0.2, 0.25) is 12.7 Å². The first-order valence-electron chi connectivity index (χ1n) is 8.62. The normalized spacial score (nSPS) is 12.0. The van der Waals surface area contributed by atoms with E-state index in [0.29, 0.717) is 33.8 Å². The minimum absolute atomic E-state index is 0.00272. The lowest BCUT2D eigenvalue weighted by Crippen LogP contribution is -2.18. The van der Waals surface area contributed by atoms with Crippen molar-refractivity contribution in [2.24, 2.45) is 0 Å². The number of hydrogen-bond acceptors (Lipinski definition) is 6. The lowest BCUT2D eigenvalue weighted by molar-refractivity contribution is -0.115. The van der Waals surface area contributed by atoms with E-state index in [0.717, 1.165) is 5.56 Å². The fourth-order valence-corrected chi connectivity index (χ4v) is 3.56. The first kappa shape index (κ1) is 18.1. The van der Waals surface area contributed by atoms with Gasteiger partial charge >= 0.3 is 0 Å². The fraction of sp³-hybridized carbons (Fsp3) is 0.150. The van der Waals surface area contributed by atoms with Crippen molar-refractivity contribution in [1.29, 1.82) is 0 Å². The lowest BCUT2D eigenvalue weighted by atomic mass is 10.2. The molecule has 0 unspecified atom stereocenters. The maximum atomic E-state index is 12.3. The number of hydrogen-bond donors (Lipinski definition) is 2. The van der Waals surface area contributed by atoms with Gasteiger partial charge in [-0.25, -0.2) is 4.98 Å². The van der Waals surface area contributed by atoms with Crippen LogP contribution in [0.3, 0.4) is 0 Å². The van der Waals surface area contributed by atoms with Crippen LogP contribution in [0.25, 0.3) is 0 Å². The van der Waals surface area contributed by atoms with E-state index in [9.17, 15) is 9.59 Å². The van der Waals surface area contributed by atoms with Crippen LogP contribution in [0.15, 0.2) is 64.5 Å². The van der Waals surface area contributed by atoms with E-state index >= 15 is 0 Å². The summed E-state index contributed by atoms with van der Waals surface area (Å²) >= 11 is 1.42. The van der Waals surface area contributed by atoms with Crippen LogP contribution < -0.4 is 20.3 Å². The molecule has 1 aromatic heterocycles. The number of ether oxygens (including phenoxy) is 2. The highest BCUT2D eigenvalue weighted by molar-refractivity contribution is 7.98. The highest BCUT2D eigenvalue weighted by Gasteiger charge is 2.15. The van der Waals surface area contributed by atoms with Crippen LogP contribution in [0.2, 0.25) is 0 Å². The molecular formula is C20H17N3O4S. The Bertz CT molecular complexity index is 1050. The molecule has 2 heterocycles. The minimum atomic E-state index is -0.281. The van der Waals surface area contributed by atoms with Crippen molar-refractivity contribution < 1.29 is 14.3 Å². The Labute approximate surface area is 165 Å². The van der Waals surface area contributed by atoms with Crippen molar-refractivity contribution in [1.82, 2.24) is 9.97 Å². The Morgan fingerprint density at radius 2 is 1.93 bits per heavy atom. The molecule has 4 rings (SSSR count). The molecule has 3 aromatic rings. The molecule has 7 nitrogen and oxygen atoms in total. The molecule has 0 saturated carbocycles. The lowest BCUT2D eigenvalue weighted by Gasteiger charge is -2.07. The third-order valence-corrected chi connectivity index (χ3v) is 4.93. The third-order valence-electron chi connectivity index (χ3n) is 3.99. The van der Waals surface area contributed by atoms with Crippen LogP contribution in [0.5, 0.6) is 11.5 Å². The van der Waals surface area contributed by atoms with E-state index in [1.807, 2.05) is 30.3 Å². The molecule has 142 valence electrons. The smallest absolute Gasteiger partial charge is 0.251 e. The van der Waals surface area contributed by atoms with Gasteiger partial charge in [0.15, 0.2) is 16.7 Å². The largest absolute Gasteiger partial charge is 0.454 e. The maximum absolute atomic E-state index is 12.3. The second-order valence-corrected chi connectivity index (χ2v) is 7.07. The standard InChI is InChI=1S/C20H17N3O4S/c24-18(21-14-6-7-16-17(8-14)27-12-26-16)9-15-10-19(25)23-20(22-15)28-11-13-4-2-1-3-5-13/h1-8,10H,9,11-12H2,(H,21,24)(H,22,23,25). The van der Waals surface area contributed by atoms with Crippen LogP contribution in [0, 0.1) is 0 Å². The number of benzene rings is 2. The summed E-state index contributed by atoms with van der Waals surface area (Å²) in [6.07, 6.45) is -0.00272. The Morgan fingerprint density at radius 1 is 1.11 bits per heavy atom. The number of aromatic nitrogens is 2. The molecule has 0 saturated heterocycles. The van der Waals surface area contributed by atoms with E-state index in [4.69, 9.17) is 9.47 Å². The SMILES string of the molecule is O=C(Cc1cc(=O)[nH]c(SCc2ccccc2)n1)Nc1ccc2c(c1)OCO2. The molecule has 1 aliphatic rings. The molecule has 8 heteroatoms. The predicted molar refractivity (Wildman–Crippen MR) is 106 cm³/mol. The zero-order chi connectivity index (χ0) is 19.3. The highest BCUT2D eigenvalue weighted by Crippen LogP contribution is 2.34.